The van der Waals surface area contributed by atoms with E-state index in [1.54, 1.807) is 6.20 Å². The van der Waals surface area contributed by atoms with Crippen molar-refractivity contribution in [1.29, 1.82) is 0 Å². The number of nitrogens with zero attached hydrogens (tertiary/aromatic N) is 2. The first-order valence-corrected chi connectivity index (χ1v) is 11.3. The number of ether oxygens (including phenoxy) is 1. The van der Waals surface area contributed by atoms with Crippen LogP contribution in [0.5, 0.6) is 0 Å². The van der Waals surface area contributed by atoms with Gasteiger partial charge in [-0.15, -0.1) is 0 Å². The lowest BCUT2D eigenvalue weighted by atomic mass is 10.0. The minimum absolute atomic E-state index is 0.150. The van der Waals surface area contributed by atoms with Crippen molar-refractivity contribution in [1.82, 2.24) is 14.3 Å². The summed E-state index contributed by atoms with van der Waals surface area (Å²) < 4.78 is 32.9. The van der Waals surface area contributed by atoms with E-state index in [2.05, 4.69) is 14.7 Å². The van der Waals surface area contributed by atoms with E-state index in [9.17, 15) is 13.2 Å². The predicted octanol–water partition coefficient (Wildman–Crippen LogP) is 3.78. The number of H-pyrrole nitrogens is 1. The summed E-state index contributed by atoms with van der Waals surface area (Å²) in [6, 6.07) is 15.3. The summed E-state index contributed by atoms with van der Waals surface area (Å²) >= 11 is 0. The zero-order valence-corrected chi connectivity index (χ0v) is 17.4. The molecule has 1 N–H and O–H groups in total. The van der Waals surface area contributed by atoms with Crippen LogP contribution in [0.1, 0.15) is 41.5 Å². The molecule has 3 aromatic rings. The summed E-state index contributed by atoms with van der Waals surface area (Å²) in [5, 5.41) is 0. The number of piperidine rings is 1. The quantitative estimate of drug-likeness (QED) is 0.628. The Bertz CT molecular complexity index is 1120. The van der Waals surface area contributed by atoms with Crippen LogP contribution in [-0.2, 0) is 14.8 Å². The molecule has 1 aliphatic rings. The summed E-state index contributed by atoms with van der Waals surface area (Å²) in [6.07, 6.45) is 4.16. The number of imidazole rings is 1. The van der Waals surface area contributed by atoms with Crippen LogP contribution in [0.2, 0.25) is 0 Å². The van der Waals surface area contributed by atoms with Gasteiger partial charge in [0, 0.05) is 6.54 Å². The molecule has 2 aromatic carbocycles. The third-order valence-electron chi connectivity index (χ3n) is 5.33. The minimum atomic E-state index is -3.74. The molecule has 8 heteroatoms. The van der Waals surface area contributed by atoms with Crippen LogP contribution in [0.3, 0.4) is 0 Å². The molecule has 0 aliphatic carbocycles. The second-order valence-corrected chi connectivity index (χ2v) is 9.08. The average molecular weight is 426 g/mol. The second kappa shape index (κ2) is 8.41. The molecule has 2 heterocycles. The Hall–Kier alpha value is -2.97. The normalized spacial score (nSPS) is 17.6. The van der Waals surface area contributed by atoms with Gasteiger partial charge in [0.05, 0.1) is 35.5 Å². The maximum atomic E-state index is 13.4. The molecule has 7 nitrogen and oxygen atoms in total. The number of carbonyl (C=O) groups is 1. The van der Waals surface area contributed by atoms with Gasteiger partial charge in [-0.3, -0.25) is 0 Å². The Morgan fingerprint density at radius 2 is 1.83 bits per heavy atom. The standard InChI is InChI=1S/C22H23N3O4S/c1-29-22(26)17-10-12-18(13-11-17)30(27,28)25-14-6-5-9-20(25)21-23-15-19(24-21)16-7-3-2-4-8-16/h2-4,7-8,10-13,15,20H,5-6,9,14H2,1H3,(H,23,24)/t20-/m1/s1. The van der Waals surface area contributed by atoms with Crippen molar-refractivity contribution >= 4 is 16.0 Å². The minimum Gasteiger partial charge on any atom is -0.465 e. The Morgan fingerprint density at radius 1 is 1.10 bits per heavy atom. The first-order valence-electron chi connectivity index (χ1n) is 9.81. The van der Waals surface area contributed by atoms with Crippen molar-refractivity contribution < 1.29 is 17.9 Å². The van der Waals surface area contributed by atoms with E-state index < -0.39 is 16.0 Å². The van der Waals surface area contributed by atoms with Crippen LogP contribution in [0.4, 0.5) is 0 Å². The van der Waals surface area contributed by atoms with Crippen molar-refractivity contribution in [3.8, 4) is 11.3 Å². The number of methoxy groups -OCH3 is 1. The van der Waals surface area contributed by atoms with Crippen LogP contribution < -0.4 is 0 Å². The molecule has 1 saturated heterocycles. The fraction of sp³-hybridized carbons (Fsp3) is 0.273. The fourth-order valence-corrected chi connectivity index (χ4v) is 5.41. The van der Waals surface area contributed by atoms with Gasteiger partial charge in [-0.1, -0.05) is 36.8 Å². The molecule has 0 radical (unpaired) electrons. The number of benzene rings is 2. The van der Waals surface area contributed by atoms with Crippen LogP contribution in [0, 0.1) is 0 Å². The molecule has 0 spiro atoms. The zero-order valence-electron chi connectivity index (χ0n) is 16.6. The summed E-state index contributed by atoms with van der Waals surface area (Å²) in [5.74, 6) is 0.141. The Labute approximate surface area is 175 Å². The predicted molar refractivity (Wildman–Crippen MR) is 112 cm³/mol. The molecular formula is C22H23N3O4S. The van der Waals surface area contributed by atoms with Crippen LogP contribution in [-0.4, -0.2) is 42.3 Å². The van der Waals surface area contributed by atoms with E-state index in [-0.39, 0.29) is 10.9 Å². The Kier molecular flexibility index (Phi) is 5.69. The molecular weight excluding hydrogens is 402 g/mol. The SMILES string of the molecule is COC(=O)c1ccc(S(=O)(=O)N2CCCC[C@@H]2c2ncc(-c3ccccc3)[nH]2)cc1. The summed E-state index contributed by atoms with van der Waals surface area (Å²) in [6.45, 7) is 0.424. The Balaban J connectivity index is 1.63. The lowest BCUT2D eigenvalue weighted by Crippen LogP contribution is -2.39. The summed E-state index contributed by atoms with van der Waals surface area (Å²) in [4.78, 5) is 19.6. The lowest BCUT2D eigenvalue weighted by molar-refractivity contribution is 0.0600. The number of nitrogens with one attached hydrogen (secondary N) is 1. The van der Waals surface area contributed by atoms with E-state index >= 15 is 0 Å². The fourth-order valence-electron chi connectivity index (χ4n) is 3.75. The van der Waals surface area contributed by atoms with Gasteiger partial charge in [0.2, 0.25) is 10.0 Å². The third kappa shape index (κ3) is 3.88. The first-order chi connectivity index (χ1) is 14.5. The van der Waals surface area contributed by atoms with Gasteiger partial charge in [0.15, 0.2) is 0 Å². The molecule has 30 heavy (non-hydrogen) atoms. The molecule has 1 atom stereocenters. The molecule has 1 fully saturated rings. The van der Waals surface area contributed by atoms with Gasteiger partial charge in [-0.05, 0) is 42.7 Å². The number of carbonyl (C=O) groups excluding carboxylic acids is 1. The number of aromatic nitrogens is 2. The highest BCUT2D eigenvalue weighted by Crippen LogP contribution is 2.35. The van der Waals surface area contributed by atoms with Gasteiger partial charge >= 0.3 is 5.97 Å². The third-order valence-corrected chi connectivity index (χ3v) is 7.25. The van der Waals surface area contributed by atoms with Gasteiger partial charge in [-0.2, -0.15) is 4.31 Å². The molecule has 1 aromatic heterocycles. The van der Waals surface area contributed by atoms with E-state index in [0.717, 1.165) is 24.1 Å². The second-order valence-electron chi connectivity index (χ2n) is 7.19. The van der Waals surface area contributed by atoms with Crippen molar-refractivity contribution in [2.45, 2.75) is 30.2 Å². The Morgan fingerprint density at radius 3 is 2.53 bits per heavy atom. The molecule has 0 bridgehead atoms. The van der Waals surface area contributed by atoms with E-state index in [0.29, 0.717) is 24.4 Å². The topological polar surface area (TPSA) is 92.4 Å². The zero-order chi connectivity index (χ0) is 21.1. The largest absolute Gasteiger partial charge is 0.465 e. The van der Waals surface area contributed by atoms with Gasteiger partial charge in [-0.25, -0.2) is 18.2 Å². The molecule has 0 amide bonds. The summed E-state index contributed by atoms with van der Waals surface area (Å²) in [7, 11) is -2.45. The maximum absolute atomic E-state index is 13.4. The van der Waals surface area contributed by atoms with Gasteiger partial charge in [0.1, 0.15) is 5.82 Å². The average Bonchev–Trinajstić information content (AvgIpc) is 3.29. The molecule has 0 saturated carbocycles. The lowest BCUT2D eigenvalue weighted by Gasteiger charge is -2.33. The highest BCUT2D eigenvalue weighted by molar-refractivity contribution is 7.89. The van der Waals surface area contributed by atoms with Crippen molar-refractivity contribution in [3.05, 3.63) is 72.2 Å². The molecule has 4 rings (SSSR count). The monoisotopic (exact) mass is 425 g/mol. The summed E-state index contributed by atoms with van der Waals surface area (Å²) in [5.41, 5.74) is 2.17. The highest BCUT2D eigenvalue weighted by Gasteiger charge is 2.36. The van der Waals surface area contributed by atoms with Gasteiger partial charge < -0.3 is 9.72 Å². The number of rotatable bonds is 5. The van der Waals surface area contributed by atoms with Gasteiger partial charge in [0.25, 0.3) is 0 Å². The number of aromatic amines is 1. The van der Waals surface area contributed by atoms with Crippen LogP contribution in [0.15, 0.2) is 65.7 Å². The van der Waals surface area contributed by atoms with Crippen LogP contribution >= 0.6 is 0 Å². The van der Waals surface area contributed by atoms with Crippen molar-refractivity contribution in [2.75, 3.05) is 13.7 Å². The molecule has 0 unspecified atom stereocenters. The van der Waals surface area contributed by atoms with Crippen LogP contribution in [0.25, 0.3) is 11.3 Å². The number of sulfonamides is 1. The van der Waals surface area contributed by atoms with E-state index in [4.69, 9.17) is 0 Å². The van der Waals surface area contributed by atoms with E-state index in [1.807, 2.05) is 30.3 Å². The maximum Gasteiger partial charge on any atom is 0.337 e. The number of hydrogen-bond acceptors (Lipinski definition) is 5. The van der Waals surface area contributed by atoms with E-state index in [1.165, 1.54) is 35.7 Å². The smallest absolute Gasteiger partial charge is 0.337 e. The van der Waals surface area contributed by atoms with Crippen molar-refractivity contribution in [2.24, 2.45) is 0 Å². The number of hydrogen-bond donors (Lipinski definition) is 1. The number of esters is 1. The highest BCUT2D eigenvalue weighted by atomic mass is 32.2. The first kappa shape index (κ1) is 20.3. The molecule has 1 aliphatic heterocycles. The van der Waals surface area contributed by atoms with Crippen molar-refractivity contribution in [3.63, 3.8) is 0 Å². The molecule has 156 valence electrons.